The lowest BCUT2D eigenvalue weighted by molar-refractivity contribution is 0.102. The van der Waals surface area contributed by atoms with Crippen molar-refractivity contribution in [2.45, 2.75) is 26.4 Å². The summed E-state index contributed by atoms with van der Waals surface area (Å²) >= 11 is 0. The number of hydrogen-bond donors (Lipinski definition) is 2. The maximum atomic E-state index is 12.5. The van der Waals surface area contributed by atoms with E-state index in [9.17, 15) is 9.59 Å². The Morgan fingerprint density at radius 2 is 1.89 bits per heavy atom. The Kier molecular flexibility index (Phi) is 6.45. The van der Waals surface area contributed by atoms with Crippen molar-refractivity contribution < 1.29 is 14.3 Å². The van der Waals surface area contributed by atoms with Crippen LogP contribution in [0.15, 0.2) is 53.3 Å². The highest BCUT2D eigenvalue weighted by atomic mass is 16.5. The summed E-state index contributed by atoms with van der Waals surface area (Å²) in [7, 11) is 1.59. The first kappa shape index (κ1) is 19.6. The Labute approximate surface area is 163 Å². The Hall–Kier alpha value is -3.12. The maximum absolute atomic E-state index is 12.5. The summed E-state index contributed by atoms with van der Waals surface area (Å²) < 4.78 is 10.8. The fraction of sp³-hybridized carbons (Fsp3) is 0.273. The number of pyridine rings is 1. The first-order chi connectivity index (χ1) is 13.6. The van der Waals surface area contributed by atoms with Crippen molar-refractivity contribution in [3.8, 4) is 5.75 Å². The molecule has 146 valence electrons. The molecule has 1 amide bonds. The Balaban J connectivity index is 1.74. The number of H-pyrrole nitrogens is 1. The third-order valence-corrected chi connectivity index (χ3v) is 4.37. The minimum absolute atomic E-state index is 0.207. The lowest BCUT2D eigenvalue weighted by Crippen LogP contribution is -2.12. The summed E-state index contributed by atoms with van der Waals surface area (Å²) in [5.74, 6) is 0.522. The van der Waals surface area contributed by atoms with E-state index in [0.717, 1.165) is 29.5 Å². The molecule has 0 aliphatic carbocycles. The molecule has 3 aromatic rings. The molecular weight excluding hydrogens is 356 g/mol. The number of aromatic amines is 1. The van der Waals surface area contributed by atoms with Gasteiger partial charge >= 0.3 is 0 Å². The molecular formula is C22H24N2O4. The van der Waals surface area contributed by atoms with Gasteiger partial charge in [-0.1, -0.05) is 19.4 Å². The zero-order valence-corrected chi connectivity index (χ0v) is 16.1. The van der Waals surface area contributed by atoms with Crippen LogP contribution < -0.4 is 15.6 Å². The van der Waals surface area contributed by atoms with Crippen LogP contribution in [-0.4, -0.2) is 24.6 Å². The van der Waals surface area contributed by atoms with Crippen molar-refractivity contribution in [2.24, 2.45) is 0 Å². The standard InChI is InChI=1S/C22H24N2O4/c1-3-4-11-28-18-8-5-15(6-9-18)22(26)23-17-7-10-19-16(14-27-2)12-21(25)24-20(19)13-17/h5-10,12-13H,3-4,11,14H2,1-2H3,(H,23,26)(H,24,25). The Morgan fingerprint density at radius 3 is 2.61 bits per heavy atom. The fourth-order valence-electron chi connectivity index (χ4n) is 2.93. The van der Waals surface area contributed by atoms with Crippen LogP contribution in [0.3, 0.4) is 0 Å². The lowest BCUT2D eigenvalue weighted by atomic mass is 10.1. The summed E-state index contributed by atoms with van der Waals surface area (Å²) in [6.07, 6.45) is 2.07. The van der Waals surface area contributed by atoms with E-state index in [1.54, 1.807) is 43.5 Å². The van der Waals surface area contributed by atoms with E-state index in [1.807, 2.05) is 6.07 Å². The van der Waals surface area contributed by atoms with Gasteiger partial charge in [-0.25, -0.2) is 0 Å². The van der Waals surface area contributed by atoms with Crippen LogP contribution in [0.25, 0.3) is 10.9 Å². The number of benzene rings is 2. The molecule has 6 nitrogen and oxygen atoms in total. The average Bonchev–Trinajstić information content (AvgIpc) is 2.68. The van der Waals surface area contributed by atoms with Gasteiger partial charge in [-0.2, -0.15) is 0 Å². The number of nitrogens with one attached hydrogen (secondary N) is 2. The molecule has 0 unspecified atom stereocenters. The molecule has 0 aliphatic rings. The third kappa shape index (κ3) is 4.78. The first-order valence-corrected chi connectivity index (χ1v) is 9.30. The molecule has 0 saturated carbocycles. The van der Waals surface area contributed by atoms with E-state index in [4.69, 9.17) is 9.47 Å². The van der Waals surface area contributed by atoms with E-state index < -0.39 is 0 Å². The normalized spacial score (nSPS) is 10.8. The molecule has 2 aromatic carbocycles. The van der Waals surface area contributed by atoms with Gasteiger partial charge in [0.1, 0.15) is 5.75 Å². The van der Waals surface area contributed by atoms with Gasteiger partial charge in [0.25, 0.3) is 5.91 Å². The van der Waals surface area contributed by atoms with E-state index >= 15 is 0 Å². The number of fused-ring (bicyclic) bond motifs is 1. The van der Waals surface area contributed by atoms with E-state index in [1.165, 1.54) is 6.07 Å². The molecule has 0 radical (unpaired) electrons. The van der Waals surface area contributed by atoms with Gasteiger partial charge in [0.15, 0.2) is 0 Å². The summed E-state index contributed by atoms with van der Waals surface area (Å²) in [6, 6.07) is 14.0. The van der Waals surface area contributed by atoms with Crippen molar-refractivity contribution in [3.05, 3.63) is 70.0 Å². The number of carbonyl (C=O) groups excluding carboxylic acids is 1. The topological polar surface area (TPSA) is 80.4 Å². The molecule has 0 bridgehead atoms. The zero-order valence-electron chi connectivity index (χ0n) is 16.1. The van der Waals surface area contributed by atoms with E-state index in [-0.39, 0.29) is 11.5 Å². The molecule has 0 atom stereocenters. The highest BCUT2D eigenvalue weighted by Gasteiger charge is 2.09. The quantitative estimate of drug-likeness (QED) is 0.577. The van der Waals surface area contributed by atoms with E-state index in [0.29, 0.717) is 30.0 Å². The van der Waals surface area contributed by atoms with Crippen molar-refractivity contribution in [3.63, 3.8) is 0 Å². The van der Waals surface area contributed by atoms with Crippen molar-refractivity contribution in [1.29, 1.82) is 0 Å². The summed E-state index contributed by atoms with van der Waals surface area (Å²) in [6.45, 7) is 3.12. The smallest absolute Gasteiger partial charge is 0.255 e. The van der Waals surface area contributed by atoms with Gasteiger partial charge in [-0.3, -0.25) is 9.59 Å². The van der Waals surface area contributed by atoms with Crippen molar-refractivity contribution >= 4 is 22.5 Å². The molecule has 2 N–H and O–H groups in total. The predicted octanol–water partition coefficient (Wildman–Crippen LogP) is 4.11. The lowest BCUT2D eigenvalue weighted by Gasteiger charge is -2.10. The monoisotopic (exact) mass is 380 g/mol. The van der Waals surface area contributed by atoms with Crippen LogP contribution in [0.1, 0.15) is 35.7 Å². The van der Waals surface area contributed by atoms with Crippen LogP contribution in [0, 0.1) is 0 Å². The first-order valence-electron chi connectivity index (χ1n) is 9.30. The number of ether oxygens (including phenoxy) is 2. The van der Waals surface area contributed by atoms with Gasteiger partial charge in [0.2, 0.25) is 5.56 Å². The minimum atomic E-state index is -0.227. The molecule has 0 spiro atoms. The molecule has 6 heteroatoms. The highest BCUT2D eigenvalue weighted by molar-refractivity contribution is 6.05. The number of amides is 1. The molecule has 1 aromatic heterocycles. The summed E-state index contributed by atoms with van der Waals surface area (Å²) in [5.41, 5.74) is 2.38. The largest absolute Gasteiger partial charge is 0.494 e. The minimum Gasteiger partial charge on any atom is -0.494 e. The number of unbranched alkanes of at least 4 members (excludes halogenated alkanes) is 1. The van der Waals surface area contributed by atoms with Crippen molar-refractivity contribution in [2.75, 3.05) is 19.0 Å². The average molecular weight is 380 g/mol. The SMILES string of the molecule is CCCCOc1ccc(C(=O)Nc2ccc3c(COC)cc(=O)[nH]c3c2)cc1. The second kappa shape index (κ2) is 9.19. The van der Waals surface area contributed by atoms with Gasteiger partial charge in [0.05, 0.1) is 18.7 Å². The summed E-state index contributed by atoms with van der Waals surface area (Å²) in [4.78, 5) is 27.2. The number of methoxy groups -OCH3 is 1. The number of aromatic nitrogens is 1. The van der Waals surface area contributed by atoms with Crippen LogP contribution in [0.2, 0.25) is 0 Å². The molecule has 0 saturated heterocycles. The van der Waals surface area contributed by atoms with E-state index in [2.05, 4.69) is 17.2 Å². The van der Waals surface area contributed by atoms with Gasteiger partial charge < -0.3 is 19.8 Å². The molecule has 0 aliphatic heterocycles. The van der Waals surface area contributed by atoms with Gasteiger partial charge in [0, 0.05) is 29.8 Å². The molecule has 0 fully saturated rings. The second-order valence-electron chi connectivity index (χ2n) is 6.53. The van der Waals surface area contributed by atoms with Crippen LogP contribution in [0.4, 0.5) is 5.69 Å². The van der Waals surface area contributed by atoms with Crippen LogP contribution >= 0.6 is 0 Å². The molecule has 28 heavy (non-hydrogen) atoms. The van der Waals surface area contributed by atoms with Crippen molar-refractivity contribution in [1.82, 2.24) is 4.98 Å². The van der Waals surface area contributed by atoms with Gasteiger partial charge in [-0.15, -0.1) is 0 Å². The van der Waals surface area contributed by atoms with Crippen LogP contribution in [0.5, 0.6) is 5.75 Å². The number of hydrogen-bond acceptors (Lipinski definition) is 4. The molecule has 1 heterocycles. The maximum Gasteiger partial charge on any atom is 0.255 e. The Bertz CT molecular complexity index is 1010. The third-order valence-electron chi connectivity index (χ3n) is 4.37. The fourth-order valence-corrected chi connectivity index (χ4v) is 2.93. The number of anilines is 1. The zero-order chi connectivity index (χ0) is 19.9. The number of carbonyl (C=O) groups is 1. The predicted molar refractivity (Wildman–Crippen MR) is 110 cm³/mol. The van der Waals surface area contributed by atoms with Crippen LogP contribution in [-0.2, 0) is 11.3 Å². The molecule has 3 rings (SSSR count). The van der Waals surface area contributed by atoms with Gasteiger partial charge in [-0.05, 0) is 48.4 Å². The highest BCUT2D eigenvalue weighted by Crippen LogP contribution is 2.21. The Morgan fingerprint density at radius 1 is 1.11 bits per heavy atom. The second-order valence-corrected chi connectivity index (χ2v) is 6.53. The summed E-state index contributed by atoms with van der Waals surface area (Å²) in [5, 5.41) is 3.74. The number of rotatable bonds is 8.